The number of alkyl halides is 2. The van der Waals surface area contributed by atoms with Gasteiger partial charge in [0, 0.05) is 17.5 Å². The highest BCUT2D eigenvalue weighted by Gasteiger charge is 2.48. The Morgan fingerprint density at radius 1 is 0.967 bits per heavy atom. The van der Waals surface area contributed by atoms with Crippen molar-refractivity contribution in [1.29, 1.82) is 0 Å². The van der Waals surface area contributed by atoms with Crippen LogP contribution in [0.15, 0.2) is 41.2 Å². The zero-order chi connectivity index (χ0) is 22.2. The Morgan fingerprint density at radius 3 is 2.17 bits per heavy atom. The van der Waals surface area contributed by atoms with E-state index < -0.39 is 57.8 Å². The lowest BCUT2D eigenvalue weighted by atomic mass is 9.85. The SMILES string of the molecule is CCC1CCC(C(F)(F)Oc2ccc(-c3cc(F)c(F)c(F)c3)c(F)c2)C(Cl)=C1F. The van der Waals surface area contributed by atoms with Crippen molar-refractivity contribution >= 4 is 11.6 Å². The molecular formula is C21H16ClF7O. The number of rotatable bonds is 5. The molecule has 0 spiro atoms. The molecule has 1 aliphatic rings. The predicted octanol–water partition coefficient (Wildman–Crippen LogP) is 7.74. The van der Waals surface area contributed by atoms with E-state index in [1.54, 1.807) is 6.92 Å². The van der Waals surface area contributed by atoms with E-state index in [1.807, 2.05) is 0 Å². The number of benzene rings is 2. The molecule has 30 heavy (non-hydrogen) atoms. The van der Waals surface area contributed by atoms with Gasteiger partial charge in [0.25, 0.3) is 0 Å². The van der Waals surface area contributed by atoms with Crippen LogP contribution in [0.2, 0.25) is 0 Å². The Hall–Kier alpha value is -2.22. The zero-order valence-corrected chi connectivity index (χ0v) is 16.4. The number of hydrogen-bond donors (Lipinski definition) is 0. The van der Waals surface area contributed by atoms with E-state index in [4.69, 9.17) is 11.6 Å². The van der Waals surface area contributed by atoms with Crippen LogP contribution in [0.25, 0.3) is 11.1 Å². The zero-order valence-electron chi connectivity index (χ0n) is 15.6. The molecule has 0 radical (unpaired) electrons. The quantitative estimate of drug-likeness (QED) is 0.333. The molecule has 0 heterocycles. The van der Waals surface area contributed by atoms with Gasteiger partial charge in [-0.05, 0) is 49.1 Å². The Morgan fingerprint density at radius 2 is 1.60 bits per heavy atom. The second kappa shape index (κ2) is 8.49. The molecule has 0 saturated heterocycles. The van der Waals surface area contributed by atoms with E-state index in [0.29, 0.717) is 24.6 Å². The molecule has 1 nitrogen and oxygen atoms in total. The molecule has 0 aliphatic heterocycles. The molecule has 2 atom stereocenters. The molecule has 0 N–H and O–H groups in total. The molecule has 0 aromatic heterocycles. The fraction of sp³-hybridized carbons (Fsp3) is 0.333. The molecule has 162 valence electrons. The van der Waals surface area contributed by atoms with E-state index in [9.17, 15) is 30.7 Å². The lowest BCUT2D eigenvalue weighted by Gasteiger charge is -2.32. The lowest BCUT2D eigenvalue weighted by Crippen LogP contribution is -2.37. The highest BCUT2D eigenvalue weighted by atomic mass is 35.5. The lowest BCUT2D eigenvalue weighted by molar-refractivity contribution is -0.208. The summed E-state index contributed by atoms with van der Waals surface area (Å²) in [6.07, 6.45) is -3.46. The highest BCUT2D eigenvalue weighted by Crippen LogP contribution is 2.46. The molecule has 2 unspecified atom stereocenters. The summed E-state index contributed by atoms with van der Waals surface area (Å²) in [6, 6.07) is 3.65. The first-order chi connectivity index (χ1) is 14.0. The topological polar surface area (TPSA) is 9.23 Å². The van der Waals surface area contributed by atoms with Crippen molar-refractivity contribution in [2.75, 3.05) is 0 Å². The first kappa shape index (κ1) is 22.5. The van der Waals surface area contributed by atoms with Crippen LogP contribution in [0.3, 0.4) is 0 Å². The maximum atomic E-state index is 14.6. The Bertz CT molecular complexity index is 966. The van der Waals surface area contributed by atoms with Crippen molar-refractivity contribution in [3.63, 3.8) is 0 Å². The first-order valence-electron chi connectivity index (χ1n) is 9.11. The normalized spacial score (nSPS) is 19.9. The van der Waals surface area contributed by atoms with Crippen LogP contribution in [-0.4, -0.2) is 6.11 Å². The molecular weight excluding hydrogens is 437 g/mol. The first-order valence-corrected chi connectivity index (χ1v) is 9.49. The minimum absolute atomic E-state index is 0.119. The van der Waals surface area contributed by atoms with Gasteiger partial charge in [-0.1, -0.05) is 18.5 Å². The summed E-state index contributed by atoms with van der Waals surface area (Å²) in [5, 5.41) is -0.618. The van der Waals surface area contributed by atoms with Crippen molar-refractivity contribution in [2.24, 2.45) is 11.8 Å². The molecule has 1 aliphatic carbocycles. The molecule has 0 fully saturated rings. The molecule has 2 aromatic rings. The van der Waals surface area contributed by atoms with Gasteiger partial charge in [-0.15, -0.1) is 0 Å². The Labute approximate surface area is 173 Å². The fourth-order valence-electron chi connectivity index (χ4n) is 3.41. The number of ether oxygens (including phenoxy) is 1. The summed E-state index contributed by atoms with van der Waals surface area (Å²) in [4.78, 5) is 0. The summed E-state index contributed by atoms with van der Waals surface area (Å²) < 4.78 is 102. The fourth-order valence-corrected chi connectivity index (χ4v) is 3.80. The van der Waals surface area contributed by atoms with Gasteiger partial charge in [-0.3, -0.25) is 0 Å². The molecule has 0 bridgehead atoms. The van der Waals surface area contributed by atoms with Gasteiger partial charge in [0.1, 0.15) is 23.3 Å². The second-order valence-corrected chi connectivity index (χ2v) is 7.40. The summed E-state index contributed by atoms with van der Waals surface area (Å²) in [7, 11) is 0. The van der Waals surface area contributed by atoms with Crippen molar-refractivity contribution in [1.82, 2.24) is 0 Å². The van der Waals surface area contributed by atoms with E-state index in [-0.39, 0.29) is 24.0 Å². The molecule has 9 heteroatoms. The van der Waals surface area contributed by atoms with Crippen molar-refractivity contribution in [3.05, 3.63) is 64.5 Å². The summed E-state index contributed by atoms with van der Waals surface area (Å²) >= 11 is 5.81. The third-order valence-electron chi connectivity index (χ3n) is 5.08. The van der Waals surface area contributed by atoms with Crippen molar-refractivity contribution in [3.8, 4) is 16.9 Å². The summed E-state index contributed by atoms with van der Waals surface area (Å²) in [5.74, 6) is -9.55. The Balaban J connectivity index is 1.86. The van der Waals surface area contributed by atoms with E-state index >= 15 is 0 Å². The maximum absolute atomic E-state index is 14.6. The molecule has 2 aromatic carbocycles. The minimum Gasteiger partial charge on any atom is -0.432 e. The van der Waals surface area contributed by atoms with E-state index in [0.717, 1.165) is 12.1 Å². The molecule has 0 amide bonds. The smallest absolute Gasteiger partial charge is 0.405 e. The largest absolute Gasteiger partial charge is 0.432 e. The van der Waals surface area contributed by atoms with Gasteiger partial charge in [-0.25, -0.2) is 22.0 Å². The second-order valence-electron chi connectivity index (χ2n) is 6.99. The number of allylic oxidation sites excluding steroid dienone is 1. The summed E-state index contributed by atoms with van der Waals surface area (Å²) in [6.45, 7) is 1.71. The van der Waals surface area contributed by atoms with Crippen LogP contribution in [0.1, 0.15) is 26.2 Å². The average molecular weight is 453 g/mol. The summed E-state index contributed by atoms with van der Waals surface area (Å²) in [5.41, 5.74) is -0.677. The monoisotopic (exact) mass is 452 g/mol. The van der Waals surface area contributed by atoms with Gasteiger partial charge in [0.2, 0.25) is 0 Å². The maximum Gasteiger partial charge on any atom is 0.405 e. The minimum atomic E-state index is -3.92. The van der Waals surface area contributed by atoms with Gasteiger partial charge in [0.05, 0.1) is 5.03 Å². The van der Waals surface area contributed by atoms with Gasteiger partial charge in [0.15, 0.2) is 17.5 Å². The van der Waals surface area contributed by atoms with E-state index in [1.165, 1.54) is 0 Å². The van der Waals surface area contributed by atoms with Crippen LogP contribution < -0.4 is 4.74 Å². The van der Waals surface area contributed by atoms with Gasteiger partial charge in [-0.2, -0.15) is 8.78 Å². The Kier molecular flexibility index (Phi) is 6.36. The van der Waals surface area contributed by atoms with Gasteiger partial charge < -0.3 is 4.74 Å². The van der Waals surface area contributed by atoms with Crippen LogP contribution in [0, 0.1) is 35.1 Å². The van der Waals surface area contributed by atoms with Crippen LogP contribution in [-0.2, 0) is 0 Å². The van der Waals surface area contributed by atoms with Crippen LogP contribution >= 0.6 is 11.6 Å². The van der Waals surface area contributed by atoms with Gasteiger partial charge >= 0.3 is 6.11 Å². The number of halogens is 8. The third-order valence-corrected chi connectivity index (χ3v) is 5.53. The third kappa shape index (κ3) is 4.29. The average Bonchev–Trinajstić information content (AvgIpc) is 2.67. The van der Waals surface area contributed by atoms with Crippen molar-refractivity contribution in [2.45, 2.75) is 32.3 Å². The molecule has 0 saturated carbocycles. The van der Waals surface area contributed by atoms with Crippen molar-refractivity contribution < 1.29 is 35.5 Å². The number of hydrogen-bond acceptors (Lipinski definition) is 1. The predicted molar refractivity (Wildman–Crippen MR) is 97.8 cm³/mol. The van der Waals surface area contributed by atoms with E-state index in [2.05, 4.69) is 4.74 Å². The highest BCUT2D eigenvalue weighted by molar-refractivity contribution is 6.30. The standard InChI is InChI=1S/C21H16ClF7O/c1-2-10-3-6-14(18(22)19(10)26)21(28,29)30-12-4-5-13(15(23)9-12)11-7-16(24)20(27)17(25)8-11/h4-5,7-10,14H,2-3,6H2,1H3. The van der Waals surface area contributed by atoms with Crippen LogP contribution in [0.5, 0.6) is 5.75 Å². The molecule has 3 rings (SSSR count). The van der Waals surface area contributed by atoms with Crippen LogP contribution in [0.4, 0.5) is 30.7 Å².